The van der Waals surface area contributed by atoms with Crippen LogP contribution < -0.4 is 4.90 Å². The Hall–Kier alpha value is -2.27. The highest BCUT2D eigenvalue weighted by molar-refractivity contribution is 7.89. The number of halogens is 6. The third kappa shape index (κ3) is 4.67. The molecule has 0 saturated carbocycles. The number of piperazine rings is 1. The highest BCUT2D eigenvalue weighted by Gasteiger charge is 2.39. The zero-order valence-corrected chi connectivity index (χ0v) is 15.7. The molecule has 0 radical (unpaired) electrons. The second-order valence-corrected chi connectivity index (χ2v) is 8.41. The van der Waals surface area contributed by atoms with Crippen molar-refractivity contribution in [2.24, 2.45) is 0 Å². The first-order valence-corrected chi connectivity index (χ1v) is 9.93. The quantitative estimate of drug-likeness (QED) is 0.674. The van der Waals surface area contributed by atoms with E-state index in [1.807, 2.05) is 23.1 Å². The van der Waals surface area contributed by atoms with Crippen LogP contribution in [0.5, 0.6) is 0 Å². The molecule has 0 bridgehead atoms. The molecule has 1 saturated heterocycles. The molecule has 1 fully saturated rings. The van der Waals surface area contributed by atoms with Gasteiger partial charge < -0.3 is 4.90 Å². The van der Waals surface area contributed by atoms with Crippen LogP contribution >= 0.6 is 0 Å². The number of rotatable bonds is 3. The molecule has 0 N–H and O–H groups in total. The second-order valence-electron chi connectivity index (χ2n) is 6.47. The molecule has 0 spiro atoms. The van der Waals surface area contributed by atoms with Crippen molar-refractivity contribution < 1.29 is 34.8 Å². The van der Waals surface area contributed by atoms with Crippen LogP contribution in [0.25, 0.3) is 0 Å². The van der Waals surface area contributed by atoms with Crippen LogP contribution in [0.15, 0.2) is 53.4 Å². The molecule has 2 aromatic carbocycles. The van der Waals surface area contributed by atoms with E-state index in [4.69, 9.17) is 0 Å². The Kier molecular flexibility index (Phi) is 5.56. The Morgan fingerprint density at radius 3 is 1.66 bits per heavy atom. The molecule has 0 aliphatic carbocycles. The van der Waals surface area contributed by atoms with E-state index in [0.29, 0.717) is 0 Å². The van der Waals surface area contributed by atoms with Crippen molar-refractivity contribution in [2.75, 3.05) is 31.1 Å². The molecule has 1 heterocycles. The molecular weight excluding hydrogens is 422 g/mol. The summed E-state index contributed by atoms with van der Waals surface area (Å²) in [4.78, 5) is 0.868. The van der Waals surface area contributed by atoms with Crippen molar-refractivity contribution in [1.29, 1.82) is 0 Å². The Morgan fingerprint density at radius 1 is 0.724 bits per heavy atom. The van der Waals surface area contributed by atoms with Gasteiger partial charge in [-0.25, -0.2) is 8.42 Å². The van der Waals surface area contributed by atoms with E-state index < -0.39 is 38.4 Å². The van der Waals surface area contributed by atoms with Crippen LogP contribution in [0, 0.1) is 0 Å². The number of para-hydroxylation sites is 1. The molecule has 2 aromatic rings. The predicted molar refractivity (Wildman–Crippen MR) is 93.9 cm³/mol. The van der Waals surface area contributed by atoms with Gasteiger partial charge in [0.15, 0.2) is 0 Å². The number of nitrogens with zero attached hydrogens (tertiary/aromatic N) is 2. The van der Waals surface area contributed by atoms with Gasteiger partial charge in [-0.05, 0) is 30.3 Å². The smallest absolute Gasteiger partial charge is 0.369 e. The predicted octanol–water partition coefficient (Wildman–Crippen LogP) is 4.24. The molecule has 29 heavy (non-hydrogen) atoms. The third-order valence-corrected chi connectivity index (χ3v) is 6.44. The number of alkyl halides is 6. The molecule has 158 valence electrons. The van der Waals surface area contributed by atoms with Gasteiger partial charge in [0.25, 0.3) is 0 Å². The lowest BCUT2D eigenvalue weighted by Crippen LogP contribution is -2.48. The lowest BCUT2D eigenvalue weighted by molar-refractivity contribution is -0.143. The minimum absolute atomic E-state index is 0.0607. The van der Waals surface area contributed by atoms with E-state index in [-0.39, 0.29) is 44.4 Å². The van der Waals surface area contributed by atoms with Gasteiger partial charge in [-0.1, -0.05) is 18.2 Å². The number of hydrogen-bond acceptors (Lipinski definition) is 3. The fourth-order valence-corrected chi connectivity index (χ4v) is 4.54. The van der Waals surface area contributed by atoms with Gasteiger partial charge in [0.1, 0.15) is 0 Å². The molecule has 1 aliphatic heterocycles. The van der Waals surface area contributed by atoms with Crippen molar-refractivity contribution >= 4 is 15.7 Å². The number of hydrogen-bond donors (Lipinski definition) is 0. The van der Waals surface area contributed by atoms with Gasteiger partial charge in [0.2, 0.25) is 10.0 Å². The van der Waals surface area contributed by atoms with Crippen molar-refractivity contribution in [2.45, 2.75) is 17.2 Å². The van der Waals surface area contributed by atoms with E-state index in [0.717, 1.165) is 9.99 Å². The highest BCUT2D eigenvalue weighted by Crippen LogP contribution is 2.38. The largest absolute Gasteiger partial charge is 0.416 e. The molecule has 0 amide bonds. The second kappa shape index (κ2) is 7.52. The van der Waals surface area contributed by atoms with E-state index >= 15 is 0 Å². The maximum atomic E-state index is 13.0. The lowest BCUT2D eigenvalue weighted by atomic mass is 10.1. The Bertz CT molecular complexity index is 934. The van der Waals surface area contributed by atoms with Gasteiger partial charge >= 0.3 is 12.4 Å². The summed E-state index contributed by atoms with van der Waals surface area (Å²) in [5.41, 5.74) is -2.47. The molecule has 11 heteroatoms. The first-order chi connectivity index (χ1) is 13.4. The average Bonchev–Trinajstić information content (AvgIpc) is 2.67. The van der Waals surface area contributed by atoms with Gasteiger partial charge in [0, 0.05) is 31.9 Å². The normalized spacial score (nSPS) is 16.8. The number of sulfonamides is 1. The van der Waals surface area contributed by atoms with Crippen molar-refractivity contribution in [3.05, 3.63) is 59.7 Å². The maximum Gasteiger partial charge on any atom is 0.416 e. The number of anilines is 1. The van der Waals surface area contributed by atoms with Gasteiger partial charge in [-0.3, -0.25) is 0 Å². The van der Waals surface area contributed by atoms with E-state index in [2.05, 4.69) is 0 Å². The minimum Gasteiger partial charge on any atom is -0.369 e. The van der Waals surface area contributed by atoms with Crippen LogP contribution in [0.4, 0.5) is 32.0 Å². The van der Waals surface area contributed by atoms with Crippen molar-refractivity contribution in [3.8, 4) is 0 Å². The molecule has 0 atom stereocenters. The summed E-state index contributed by atoms with van der Waals surface area (Å²) < 4.78 is 105. The standard InChI is InChI=1S/C18H16F6N2O2S/c19-17(20,21)13-10-14(18(22,23)24)12-16(11-13)29(27,28)26-8-6-25(7-9-26)15-4-2-1-3-5-15/h1-5,10-12H,6-9H2. The first kappa shape index (κ1) is 21.4. The van der Waals surface area contributed by atoms with Crippen LogP contribution in [0.2, 0.25) is 0 Å². The zero-order chi connectivity index (χ0) is 21.4. The van der Waals surface area contributed by atoms with Gasteiger partial charge in [0.05, 0.1) is 16.0 Å². The molecule has 1 aliphatic rings. The van der Waals surface area contributed by atoms with Crippen LogP contribution in [0.3, 0.4) is 0 Å². The summed E-state index contributed by atoms with van der Waals surface area (Å²) in [6.45, 7) is 0.395. The SMILES string of the molecule is O=S(=O)(c1cc(C(F)(F)F)cc(C(F)(F)F)c1)N1CCN(c2ccccc2)CC1. The topological polar surface area (TPSA) is 40.6 Å². The minimum atomic E-state index is -5.11. The number of benzene rings is 2. The van der Waals surface area contributed by atoms with Gasteiger partial charge in [-0.15, -0.1) is 0 Å². The fourth-order valence-electron chi connectivity index (χ4n) is 3.05. The average molecular weight is 438 g/mol. The molecule has 4 nitrogen and oxygen atoms in total. The lowest BCUT2D eigenvalue weighted by Gasteiger charge is -2.35. The molecule has 3 rings (SSSR count). The van der Waals surface area contributed by atoms with Crippen LogP contribution in [0.1, 0.15) is 11.1 Å². The summed E-state index contributed by atoms with van der Waals surface area (Å²) in [7, 11) is -4.53. The Labute approximate surface area is 163 Å². The van der Waals surface area contributed by atoms with E-state index in [1.165, 1.54) is 0 Å². The summed E-state index contributed by atoms with van der Waals surface area (Å²) in [5, 5.41) is 0. The maximum absolute atomic E-state index is 13.0. The summed E-state index contributed by atoms with van der Waals surface area (Å²) in [5.74, 6) is 0. The molecule has 0 aromatic heterocycles. The Balaban J connectivity index is 1.90. The summed E-state index contributed by atoms with van der Waals surface area (Å²) >= 11 is 0. The fraction of sp³-hybridized carbons (Fsp3) is 0.333. The zero-order valence-electron chi connectivity index (χ0n) is 14.8. The Morgan fingerprint density at radius 2 is 1.21 bits per heavy atom. The van der Waals surface area contributed by atoms with E-state index in [9.17, 15) is 34.8 Å². The third-order valence-electron chi connectivity index (χ3n) is 4.56. The van der Waals surface area contributed by atoms with Gasteiger partial charge in [-0.2, -0.15) is 30.6 Å². The van der Waals surface area contributed by atoms with E-state index in [1.54, 1.807) is 12.1 Å². The molecular formula is C18H16F6N2O2S. The van der Waals surface area contributed by atoms with Crippen LogP contribution in [-0.2, 0) is 22.4 Å². The van der Waals surface area contributed by atoms with Crippen molar-refractivity contribution in [3.63, 3.8) is 0 Å². The van der Waals surface area contributed by atoms with Crippen molar-refractivity contribution in [1.82, 2.24) is 4.31 Å². The molecule has 0 unspecified atom stereocenters. The highest BCUT2D eigenvalue weighted by atomic mass is 32.2. The first-order valence-electron chi connectivity index (χ1n) is 8.49. The van der Waals surface area contributed by atoms with Crippen LogP contribution in [-0.4, -0.2) is 38.9 Å². The summed E-state index contributed by atoms with van der Waals surface area (Å²) in [6, 6.07) is 9.48. The summed E-state index contributed by atoms with van der Waals surface area (Å²) in [6.07, 6.45) is -10.2. The monoisotopic (exact) mass is 438 g/mol.